The average Bonchev–Trinajstić information content (AvgIpc) is 3.03. The fraction of sp³-hybridized carbons (Fsp3) is 0.250. The summed E-state index contributed by atoms with van der Waals surface area (Å²) in [6, 6.07) is 9.73. The molecule has 2 heterocycles. The maximum Gasteiger partial charge on any atom is 0.242 e. The molecular weight excluding hydrogens is 301 g/mol. The Labute approximate surface area is 131 Å². The van der Waals surface area contributed by atoms with Crippen LogP contribution in [0.1, 0.15) is 22.0 Å². The summed E-state index contributed by atoms with van der Waals surface area (Å²) >= 11 is 1.51. The van der Waals surface area contributed by atoms with Gasteiger partial charge in [0.05, 0.1) is 11.6 Å². The predicted octanol–water partition coefficient (Wildman–Crippen LogP) is 2.43. The average molecular weight is 315 g/mol. The molecule has 0 saturated carbocycles. The highest BCUT2D eigenvalue weighted by Gasteiger charge is 2.32. The summed E-state index contributed by atoms with van der Waals surface area (Å²) in [5.74, 6) is -0.416. The van der Waals surface area contributed by atoms with E-state index in [0.717, 1.165) is 4.88 Å². The lowest BCUT2D eigenvalue weighted by atomic mass is 10.1. The van der Waals surface area contributed by atoms with Gasteiger partial charge >= 0.3 is 0 Å². The molecule has 1 amide bonds. The Kier molecular flexibility index (Phi) is 4.18. The second-order valence-corrected chi connectivity index (χ2v) is 6.08. The zero-order chi connectivity index (χ0) is 15.5. The molecule has 22 heavy (non-hydrogen) atoms. The molecule has 4 nitrogen and oxygen atoms in total. The molecule has 6 heteroatoms. The van der Waals surface area contributed by atoms with Crippen molar-refractivity contribution in [2.75, 3.05) is 13.1 Å². The molecule has 112 valence electrons. The van der Waals surface area contributed by atoms with Crippen LogP contribution in [0.3, 0.4) is 0 Å². The number of thiophene rings is 1. The van der Waals surface area contributed by atoms with Crippen LogP contribution in [0.4, 0.5) is 4.39 Å². The van der Waals surface area contributed by atoms with E-state index in [0.29, 0.717) is 30.8 Å². The first-order valence-electron chi connectivity index (χ1n) is 6.93. The lowest BCUT2D eigenvalue weighted by Gasteiger charge is -2.34. The highest BCUT2D eigenvalue weighted by Crippen LogP contribution is 2.29. The third-order valence-electron chi connectivity index (χ3n) is 3.67. The quantitative estimate of drug-likeness (QED) is 0.946. The van der Waals surface area contributed by atoms with Crippen LogP contribution in [-0.2, 0) is 11.3 Å². The van der Waals surface area contributed by atoms with Crippen molar-refractivity contribution < 1.29 is 9.18 Å². The molecule has 1 atom stereocenters. The molecule has 0 spiro atoms. The Morgan fingerprint density at radius 2 is 2.32 bits per heavy atom. The summed E-state index contributed by atoms with van der Waals surface area (Å²) in [7, 11) is 0. The van der Waals surface area contributed by atoms with Crippen molar-refractivity contribution in [2.45, 2.75) is 12.6 Å². The topological polar surface area (TPSA) is 56.1 Å². The number of rotatable bonds is 3. The van der Waals surface area contributed by atoms with Crippen LogP contribution in [-0.4, -0.2) is 23.9 Å². The number of amides is 1. The molecule has 0 aliphatic carbocycles. The highest BCUT2D eigenvalue weighted by molar-refractivity contribution is 7.10. The van der Waals surface area contributed by atoms with Gasteiger partial charge in [0.2, 0.25) is 5.91 Å². The molecule has 2 aromatic rings. The molecule has 1 aromatic carbocycles. The number of hydrogen-bond donors (Lipinski definition) is 1. The van der Waals surface area contributed by atoms with Crippen LogP contribution in [0, 0.1) is 17.1 Å². The molecule has 1 aromatic heterocycles. The SMILES string of the molecule is N#Cc1ccc(F)c(CN2CCNC(=O)[C@@H]2c2cccs2)c1. The maximum absolute atomic E-state index is 14.0. The number of hydrogen-bond acceptors (Lipinski definition) is 4. The number of nitrogens with one attached hydrogen (secondary N) is 1. The van der Waals surface area contributed by atoms with Gasteiger partial charge in [0, 0.05) is 30.1 Å². The fourth-order valence-electron chi connectivity index (χ4n) is 2.62. The van der Waals surface area contributed by atoms with E-state index in [2.05, 4.69) is 5.32 Å². The van der Waals surface area contributed by atoms with Gasteiger partial charge in [-0.3, -0.25) is 9.69 Å². The highest BCUT2D eigenvalue weighted by atomic mass is 32.1. The van der Waals surface area contributed by atoms with Crippen LogP contribution in [0.2, 0.25) is 0 Å². The second-order valence-electron chi connectivity index (χ2n) is 5.10. The number of benzene rings is 1. The predicted molar refractivity (Wildman–Crippen MR) is 81.6 cm³/mol. The number of nitriles is 1. The summed E-state index contributed by atoms with van der Waals surface area (Å²) in [5.41, 5.74) is 0.862. The summed E-state index contributed by atoms with van der Waals surface area (Å²) < 4.78 is 14.0. The molecule has 3 rings (SSSR count). The minimum absolute atomic E-state index is 0.0643. The summed E-state index contributed by atoms with van der Waals surface area (Å²) in [6.07, 6.45) is 0. The van der Waals surface area contributed by atoms with Crippen LogP contribution in [0.25, 0.3) is 0 Å². The first kappa shape index (κ1) is 14.7. The molecule has 0 unspecified atom stereocenters. The Balaban J connectivity index is 1.89. The molecule has 0 bridgehead atoms. The van der Waals surface area contributed by atoms with E-state index in [1.807, 2.05) is 28.5 Å². The van der Waals surface area contributed by atoms with Crippen LogP contribution >= 0.6 is 11.3 Å². The van der Waals surface area contributed by atoms with Crippen LogP contribution in [0.5, 0.6) is 0 Å². The molecule has 0 radical (unpaired) electrons. The molecule has 1 aliphatic heterocycles. The molecular formula is C16H14FN3OS. The first-order valence-corrected chi connectivity index (χ1v) is 7.80. The fourth-order valence-corrected chi connectivity index (χ4v) is 3.48. The normalized spacial score (nSPS) is 18.7. The lowest BCUT2D eigenvalue weighted by molar-refractivity contribution is -0.129. The van der Waals surface area contributed by atoms with Gasteiger partial charge in [-0.2, -0.15) is 5.26 Å². The number of carbonyl (C=O) groups excluding carboxylic acids is 1. The second kappa shape index (κ2) is 6.26. The molecule has 1 fully saturated rings. The third-order valence-corrected chi connectivity index (χ3v) is 4.60. The van der Waals surface area contributed by atoms with Gasteiger partial charge in [0.1, 0.15) is 11.9 Å². The van der Waals surface area contributed by atoms with Crippen molar-refractivity contribution in [3.63, 3.8) is 0 Å². The Bertz CT molecular complexity index is 723. The minimum Gasteiger partial charge on any atom is -0.353 e. The zero-order valence-corrected chi connectivity index (χ0v) is 12.6. The largest absolute Gasteiger partial charge is 0.353 e. The van der Waals surface area contributed by atoms with Crippen molar-refractivity contribution >= 4 is 17.2 Å². The van der Waals surface area contributed by atoms with Gasteiger partial charge in [-0.25, -0.2) is 4.39 Å². The number of piperazine rings is 1. The monoisotopic (exact) mass is 315 g/mol. The standard InChI is InChI=1S/C16H14FN3OS/c17-13-4-3-11(9-18)8-12(13)10-20-6-5-19-16(21)15(20)14-2-1-7-22-14/h1-4,7-8,15H,5-6,10H2,(H,19,21)/t15-/m0/s1. The summed E-state index contributed by atoms with van der Waals surface area (Å²) in [6.45, 7) is 1.49. The van der Waals surface area contributed by atoms with Crippen molar-refractivity contribution in [2.24, 2.45) is 0 Å². The van der Waals surface area contributed by atoms with Crippen LogP contribution in [0.15, 0.2) is 35.7 Å². The third kappa shape index (κ3) is 2.86. The van der Waals surface area contributed by atoms with Gasteiger partial charge < -0.3 is 5.32 Å². The van der Waals surface area contributed by atoms with Gasteiger partial charge in [0.15, 0.2) is 0 Å². The number of nitrogens with zero attached hydrogens (tertiary/aromatic N) is 2. The van der Waals surface area contributed by atoms with E-state index in [1.165, 1.54) is 23.5 Å². The van der Waals surface area contributed by atoms with Gasteiger partial charge in [-0.15, -0.1) is 11.3 Å². The molecule has 1 N–H and O–H groups in total. The van der Waals surface area contributed by atoms with Crippen molar-refractivity contribution in [1.82, 2.24) is 10.2 Å². The van der Waals surface area contributed by atoms with Gasteiger partial charge in [0.25, 0.3) is 0 Å². The van der Waals surface area contributed by atoms with Crippen molar-refractivity contribution in [3.05, 3.63) is 57.5 Å². The van der Waals surface area contributed by atoms with Crippen LogP contribution < -0.4 is 5.32 Å². The van der Waals surface area contributed by atoms with E-state index in [4.69, 9.17) is 5.26 Å². The number of halogens is 1. The van der Waals surface area contributed by atoms with Crippen molar-refractivity contribution in [3.8, 4) is 6.07 Å². The number of carbonyl (C=O) groups is 1. The van der Waals surface area contributed by atoms with E-state index < -0.39 is 6.04 Å². The van der Waals surface area contributed by atoms with Crippen molar-refractivity contribution in [1.29, 1.82) is 5.26 Å². The Morgan fingerprint density at radius 3 is 3.05 bits per heavy atom. The Hall–Kier alpha value is -2.23. The molecule has 1 aliphatic rings. The maximum atomic E-state index is 14.0. The van der Waals surface area contributed by atoms with Gasteiger partial charge in [-0.05, 0) is 29.6 Å². The molecule has 1 saturated heterocycles. The lowest BCUT2D eigenvalue weighted by Crippen LogP contribution is -2.49. The van der Waals surface area contributed by atoms with E-state index in [-0.39, 0.29) is 11.7 Å². The van der Waals surface area contributed by atoms with E-state index in [9.17, 15) is 9.18 Å². The zero-order valence-electron chi connectivity index (χ0n) is 11.8. The summed E-state index contributed by atoms with van der Waals surface area (Å²) in [4.78, 5) is 15.1. The van der Waals surface area contributed by atoms with E-state index >= 15 is 0 Å². The minimum atomic E-state index is -0.404. The summed E-state index contributed by atoms with van der Waals surface area (Å²) in [5, 5.41) is 13.7. The Morgan fingerprint density at radius 1 is 1.45 bits per heavy atom. The van der Waals surface area contributed by atoms with Gasteiger partial charge in [-0.1, -0.05) is 6.07 Å². The first-order chi connectivity index (χ1) is 10.7. The van der Waals surface area contributed by atoms with E-state index in [1.54, 1.807) is 6.07 Å². The smallest absolute Gasteiger partial charge is 0.242 e.